The Bertz CT molecular complexity index is 560. The van der Waals surface area contributed by atoms with Crippen molar-refractivity contribution in [3.63, 3.8) is 0 Å². The molecule has 0 amide bonds. The highest BCUT2D eigenvalue weighted by molar-refractivity contribution is 5.53. The predicted molar refractivity (Wildman–Crippen MR) is 78.9 cm³/mol. The highest BCUT2D eigenvalue weighted by Gasteiger charge is 2.19. The highest BCUT2D eigenvalue weighted by Crippen LogP contribution is 2.31. The Morgan fingerprint density at radius 2 is 2.25 bits per heavy atom. The van der Waals surface area contributed by atoms with E-state index in [1.54, 1.807) is 11.0 Å². The van der Waals surface area contributed by atoms with Gasteiger partial charge >= 0.3 is 0 Å². The van der Waals surface area contributed by atoms with Crippen LogP contribution in [0.15, 0.2) is 24.5 Å². The van der Waals surface area contributed by atoms with Crippen molar-refractivity contribution < 1.29 is 0 Å². The topological polar surface area (TPSA) is 55.6 Å². The molecule has 1 heterocycles. The van der Waals surface area contributed by atoms with Gasteiger partial charge in [-0.25, -0.2) is 4.68 Å². The maximum atomic E-state index is 3.93. The smallest absolute Gasteiger partial charge is 0.143 e. The standard InChI is InChI=1S/C15H21N5/c1-11-8-14(17-12(2)9-13-4-3-5-13)6-7-15(11)20-10-16-18-19-20/h6-8,10,12-13,17H,3-5,9H2,1-2H3. The van der Waals surface area contributed by atoms with Gasteiger partial charge in [-0.2, -0.15) is 0 Å². The van der Waals surface area contributed by atoms with Gasteiger partial charge in [0.15, 0.2) is 0 Å². The maximum Gasteiger partial charge on any atom is 0.143 e. The second-order valence-electron chi connectivity index (χ2n) is 5.83. The molecule has 3 rings (SSSR count). The molecule has 5 heteroatoms. The zero-order valence-corrected chi connectivity index (χ0v) is 12.1. The molecule has 0 spiro atoms. The second kappa shape index (κ2) is 5.61. The van der Waals surface area contributed by atoms with Crippen LogP contribution >= 0.6 is 0 Å². The number of tetrazole rings is 1. The van der Waals surface area contributed by atoms with Crippen LogP contribution in [0.25, 0.3) is 5.69 Å². The zero-order chi connectivity index (χ0) is 13.9. The summed E-state index contributed by atoms with van der Waals surface area (Å²) in [4.78, 5) is 0. The largest absolute Gasteiger partial charge is 0.383 e. The van der Waals surface area contributed by atoms with Crippen LogP contribution in [0.3, 0.4) is 0 Å². The molecule has 1 fully saturated rings. The van der Waals surface area contributed by atoms with Crippen LogP contribution in [0.2, 0.25) is 0 Å². The first-order chi connectivity index (χ1) is 9.72. The molecule has 5 nitrogen and oxygen atoms in total. The number of aryl methyl sites for hydroxylation is 1. The lowest BCUT2D eigenvalue weighted by molar-refractivity contribution is 0.286. The molecule has 0 saturated heterocycles. The summed E-state index contributed by atoms with van der Waals surface area (Å²) in [5, 5.41) is 14.9. The Hall–Kier alpha value is -1.91. The number of rotatable bonds is 5. The summed E-state index contributed by atoms with van der Waals surface area (Å²) < 4.78 is 1.69. The van der Waals surface area contributed by atoms with Gasteiger partial charge in [0.05, 0.1) is 5.69 Å². The molecule has 0 aliphatic heterocycles. The molecular weight excluding hydrogens is 250 g/mol. The van der Waals surface area contributed by atoms with Gasteiger partial charge in [0.1, 0.15) is 6.33 Å². The number of nitrogens with zero attached hydrogens (tertiary/aromatic N) is 4. The van der Waals surface area contributed by atoms with Crippen LogP contribution < -0.4 is 5.32 Å². The molecule has 1 N–H and O–H groups in total. The summed E-state index contributed by atoms with van der Waals surface area (Å²) in [7, 11) is 0. The predicted octanol–water partition coefficient (Wildman–Crippen LogP) is 2.96. The molecule has 1 saturated carbocycles. The highest BCUT2D eigenvalue weighted by atomic mass is 15.5. The van der Waals surface area contributed by atoms with Gasteiger partial charge in [-0.05, 0) is 60.4 Å². The first-order valence-electron chi connectivity index (χ1n) is 7.33. The number of anilines is 1. The van der Waals surface area contributed by atoms with Gasteiger partial charge in [0.25, 0.3) is 0 Å². The Kier molecular flexibility index (Phi) is 3.67. The van der Waals surface area contributed by atoms with E-state index in [9.17, 15) is 0 Å². The van der Waals surface area contributed by atoms with Crippen molar-refractivity contribution in [3.8, 4) is 5.69 Å². The molecule has 1 aliphatic rings. The van der Waals surface area contributed by atoms with E-state index in [-0.39, 0.29) is 0 Å². The van der Waals surface area contributed by atoms with Crippen LogP contribution in [-0.4, -0.2) is 26.2 Å². The van der Waals surface area contributed by atoms with Gasteiger partial charge in [-0.3, -0.25) is 0 Å². The Labute approximate surface area is 119 Å². The van der Waals surface area contributed by atoms with Gasteiger partial charge in [0.2, 0.25) is 0 Å². The SMILES string of the molecule is Cc1cc(NC(C)CC2CCC2)ccc1-n1cnnn1. The summed E-state index contributed by atoms with van der Waals surface area (Å²) in [6.45, 7) is 4.35. The quantitative estimate of drug-likeness (QED) is 0.908. The zero-order valence-electron chi connectivity index (χ0n) is 12.1. The molecule has 1 aromatic heterocycles. The van der Waals surface area contributed by atoms with E-state index in [0.717, 1.165) is 17.2 Å². The summed E-state index contributed by atoms with van der Waals surface area (Å²) in [6, 6.07) is 6.85. The molecule has 1 unspecified atom stereocenters. The van der Waals surface area contributed by atoms with E-state index in [1.165, 1.54) is 31.4 Å². The van der Waals surface area contributed by atoms with Crippen molar-refractivity contribution in [2.75, 3.05) is 5.32 Å². The molecule has 2 aromatic rings. The maximum absolute atomic E-state index is 3.93. The molecule has 0 radical (unpaired) electrons. The first-order valence-corrected chi connectivity index (χ1v) is 7.33. The van der Waals surface area contributed by atoms with E-state index >= 15 is 0 Å². The Morgan fingerprint density at radius 3 is 2.85 bits per heavy atom. The van der Waals surface area contributed by atoms with Gasteiger partial charge in [-0.15, -0.1) is 5.10 Å². The van der Waals surface area contributed by atoms with Gasteiger partial charge < -0.3 is 5.32 Å². The first kappa shape index (κ1) is 13.1. The monoisotopic (exact) mass is 271 g/mol. The summed E-state index contributed by atoms with van der Waals surface area (Å²) in [6.07, 6.45) is 7.12. The molecule has 0 bridgehead atoms. The third-order valence-corrected chi connectivity index (χ3v) is 4.12. The van der Waals surface area contributed by atoms with Crippen molar-refractivity contribution in [3.05, 3.63) is 30.1 Å². The molecular formula is C15H21N5. The van der Waals surface area contributed by atoms with E-state index in [1.807, 2.05) is 0 Å². The van der Waals surface area contributed by atoms with Crippen molar-refractivity contribution >= 4 is 5.69 Å². The van der Waals surface area contributed by atoms with Crippen molar-refractivity contribution in [1.29, 1.82) is 0 Å². The van der Waals surface area contributed by atoms with Crippen LogP contribution in [0.5, 0.6) is 0 Å². The lowest BCUT2D eigenvalue weighted by Crippen LogP contribution is -2.23. The molecule has 106 valence electrons. The second-order valence-corrected chi connectivity index (χ2v) is 5.83. The van der Waals surface area contributed by atoms with Gasteiger partial charge in [0, 0.05) is 11.7 Å². The number of hydrogen-bond donors (Lipinski definition) is 1. The molecule has 20 heavy (non-hydrogen) atoms. The fraction of sp³-hybridized carbons (Fsp3) is 0.533. The van der Waals surface area contributed by atoms with E-state index in [4.69, 9.17) is 0 Å². The van der Waals surface area contributed by atoms with Crippen LogP contribution in [0.1, 0.15) is 38.2 Å². The number of benzene rings is 1. The minimum atomic E-state index is 0.526. The summed E-state index contributed by atoms with van der Waals surface area (Å²) >= 11 is 0. The lowest BCUT2D eigenvalue weighted by Gasteiger charge is -2.29. The Morgan fingerprint density at radius 1 is 1.40 bits per heavy atom. The normalized spacial score (nSPS) is 16.7. The van der Waals surface area contributed by atoms with Crippen molar-refractivity contribution in [2.45, 2.75) is 45.6 Å². The number of hydrogen-bond acceptors (Lipinski definition) is 4. The van der Waals surface area contributed by atoms with Crippen molar-refractivity contribution in [1.82, 2.24) is 20.2 Å². The van der Waals surface area contributed by atoms with Crippen LogP contribution in [-0.2, 0) is 0 Å². The van der Waals surface area contributed by atoms with Gasteiger partial charge in [-0.1, -0.05) is 19.3 Å². The van der Waals surface area contributed by atoms with Crippen LogP contribution in [0.4, 0.5) is 5.69 Å². The van der Waals surface area contributed by atoms with Crippen molar-refractivity contribution in [2.24, 2.45) is 5.92 Å². The number of aromatic nitrogens is 4. The molecule has 1 atom stereocenters. The van der Waals surface area contributed by atoms with E-state index in [0.29, 0.717) is 6.04 Å². The lowest BCUT2D eigenvalue weighted by atomic mass is 9.81. The van der Waals surface area contributed by atoms with E-state index < -0.39 is 0 Å². The average molecular weight is 271 g/mol. The summed E-state index contributed by atoms with van der Waals surface area (Å²) in [5.74, 6) is 0.930. The average Bonchev–Trinajstić information content (AvgIpc) is 2.88. The fourth-order valence-electron chi connectivity index (χ4n) is 2.85. The third kappa shape index (κ3) is 2.81. The minimum Gasteiger partial charge on any atom is -0.383 e. The van der Waals surface area contributed by atoms with Crippen LogP contribution in [0, 0.1) is 12.8 Å². The molecule has 1 aromatic carbocycles. The number of nitrogens with one attached hydrogen (secondary N) is 1. The minimum absolute atomic E-state index is 0.526. The Balaban J connectivity index is 1.67. The fourth-order valence-corrected chi connectivity index (χ4v) is 2.85. The van der Waals surface area contributed by atoms with E-state index in [2.05, 4.69) is 52.9 Å². The third-order valence-electron chi connectivity index (χ3n) is 4.12. The summed E-state index contributed by atoms with van der Waals surface area (Å²) in [5.41, 5.74) is 3.36. The molecule has 1 aliphatic carbocycles.